The molecule has 0 aliphatic carbocycles. The number of hydrogen-bond acceptors (Lipinski definition) is 10. The average Bonchev–Trinajstić information content (AvgIpc) is 3.41. The number of nitrogens with zero attached hydrogens (tertiary/aromatic N) is 1. The Balaban J connectivity index is 2.07. The Kier molecular flexibility index (Phi) is 8.31. The highest BCUT2D eigenvalue weighted by atomic mass is 79.9. The highest BCUT2D eigenvalue weighted by molar-refractivity contribution is 9.10. The molecule has 0 bridgehead atoms. The summed E-state index contributed by atoms with van der Waals surface area (Å²) in [4.78, 5) is 70.5. The normalized spacial score (nSPS) is 22.5. The van der Waals surface area contributed by atoms with Crippen LogP contribution in [0.2, 0.25) is 0 Å². The number of ether oxygens (including phenoxy) is 4. The number of para-hydroxylation sites is 1. The lowest BCUT2D eigenvalue weighted by Crippen LogP contribution is -2.65. The lowest BCUT2D eigenvalue weighted by molar-refractivity contribution is -0.175. The SMILES string of the molecule is CCOC(=O)C1(C(=O)OCC)N[C@@]2(C(=O)N(Cc3ccccc3)c3c(Br)cccc32)[C@H](C(=O)OC)[C@@H]1C(=O)OC. The van der Waals surface area contributed by atoms with E-state index in [4.69, 9.17) is 18.9 Å². The molecule has 1 spiro atoms. The van der Waals surface area contributed by atoms with E-state index < -0.39 is 52.7 Å². The van der Waals surface area contributed by atoms with E-state index in [-0.39, 0.29) is 25.3 Å². The van der Waals surface area contributed by atoms with E-state index in [9.17, 15) is 24.0 Å². The van der Waals surface area contributed by atoms with Crippen molar-refractivity contribution in [3.05, 3.63) is 64.1 Å². The van der Waals surface area contributed by atoms with Crippen molar-refractivity contribution in [2.75, 3.05) is 32.3 Å². The van der Waals surface area contributed by atoms with Crippen LogP contribution in [0, 0.1) is 11.8 Å². The molecule has 0 saturated carbocycles. The summed E-state index contributed by atoms with van der Waals surface area (Å²) >= 11 is 3.51. The van der Waals surface area contributed by atoms with Crippen molar-refractivity contribution in [2.45, 2.75) is 31.5 Å². The van der Waals surface area contributed by atoms with E-state index in [1.807, 2.05) is 30.3 Å². The van der Waals surface area contributed by atoms with Gasteiger partial charge in [-0.3, -0.25) is 19.7 Å². The lowest BCUT2D eigenvalue weighted by atomic mass is 9.72. The number of carbonyl (C=O) groups excluding carboxylic acids is 5. The van der Waals surface area contributed by atoms with E-state index in [2.05, 4.69) is 21.2 Å². The first-order valence-corrected chi connectivity index (χ1v) is 13.4. The Hall–Kier alpha value is -3.77. The number of fused-ring (bicyclic) bond motifs is 2. The molecule has 12 heteroatoms. The molecule has 2 heterocycles. The quantitative estimate of drug-likeness (QED) is 0.267. The first-order valence-electron chi connectivity index (χ1n) is 12.6. The van der Waals surface area contributed by atoms with Gasteiger partial charge < -0.3 is 23.8 Å². The smallest absolute Gasteiger partial charge is 0.339 e. The summed E-state index contributed by atoms with van der Waals surface area (Å²) in [5, 5.41) is 2.87. The van der Waals surface area contributed by atoms with Gasteiger partial charge in [-0.1, -0.05) is 42.5 Å². The molecule has 212 valence electrons. The van der Waals surface area contributed by atoms with Crippen LogP contribution in [0.5, 0.6) is 0 Å². The van der Waals surface area contributed by atoms with Crippen LogP contribution in [0.1, 0.15) is 25.0 Å². The number of halogens is 1. The summed E-state index contributed by atoms with van der Waals surface area (Å²) in [7, 11) is 2.13. The molecular formula is C28H29BrN2O9. The number of esters is 4. The molecular weight excluding hydrogens is 588 g/mol. The molecule has 11 nitrogen and oxygen atoms in total. The summed E-state index contributed by atoms with van der Waals surface area (Å²) in [5.41, 5.74) is -3.31. The first-order chi connectivity index (χ1) is 19.1. The van der Waals surface area contributed by atoms with Crippen LogP contribution in [-0.4, -0.2) is 62.8 Å². The molecule has 4 rings (SSSR count). The van der Waals surface area contributed by atoms with Crippen LogP contribution >= 0.6 is 15.9 Å². The van der Waals surface area contributed by atoms with Gasteiger partial charge >= 0.3 is 23.9 Å². The number of benzene rings is 2. The van der Waals surface area contributed by atoms with Gasteiger partial charge in [0.15, 0.2) is 0 Å². The molecule has 2 aromatic carbocycles. The monoisotopic (exact) mass is 616 g/mol. The van der Waals surface area contributed by atoms with Crippen molar-refractivity contribution in [1.29, 1.82) is 0 Å². The predicted octanol–water partition coefficient (Wildman–Crippen LogP) is 2.24. The maximum atomic E-state index is 14.7. The number of hydrogen-bond donors (Lipinski definition) is 1. The molecule has 0 radical (unpaired) electrons. The molecule has 1 amide bonds. The minimum absolute atomic E-state index is 0.0846. The third-order valence-corrected chi connectivity index (χ3v) is 7.85. The number of methoxy groups -OCH3 is 2. The van der Waals surface area contributed by atoms with Gasteiger partial charge in [0.1, 0.15) is 17.4 Å². The Morgan fingerprint density at radius 3 is 2.00 bits per heavy atom. The summed E-state index contributed by atoms with van der Waals surface area (Å²) in [6.07, 6.45) is 0. The lowest BCUT2D eigenvalue weighted by Gasteiger charge is -2.31. The zero-order chi connectivity index (χ0) is 29.2. The van der Waals surface area contributed by atoms with Crippen molar-refractivity contribution >= 4 is 51.4 Å². The second kappa shape index (κ2) is 11.4. The average molecular weight is 617 g/mol. The number of nitrogens with one attached hydrogen (secondary N) is 1. The van der Waals surface area contributed by atoms with Crippen molar-refractivity contribution in [2.24, 2.45) is 11.8 Å². The Labute approximate surface area is 239 Å². The molecule has 2 aromatic rings. The first kappa shape index (κ1) is 29.2. The minimum atomic E-state index is -2.62. The van der Waals surface area contributed by atoms with E-state index in [0.29, 0.717) is 10.2 Å². The highest BCUT2D eigenvalue weighted by Gasteiger charge is 2.79. The van der Waals surface area contributed by atoms with Crippen molar-refractivity contribution in [3.63, 3.8) is 0 Å². The third-order valence-electron chi connectivity index (χ3n) is 7.21. The molecule has 0 unspecified atom stereocenters. The van der Waals surface area contributed by atoms with Crippen LogP contribution in [0.25, 0.3) is 0 Å². The molecule has 2 aliphatic heterocycles. The van der Waals surface area contributed by atoms with E-state index in [1.54, 1.807) is 18.2 Å². The van der Waals surface area contributed by atoms with Crippen LogP contribution in [0.3, 0.4) is 0 Å². The van der Waals surface area contributed by atoms with Gasteiger partial charge in [-0.15, -0.1) is 0 Å². The maximum Gasteiger partial charge on any atom is 0.339 e. The van der Waals surface area contributed by atoms with Gasteiger partial charge in [0.05, 0.1) is 39.7 Å². The van der Waals surface area contributed by atoms with Crippen molar-refractivity contribution in [1.82, 2.24) is 5.32 Å². The molecule has 2 aliphatic rings. The molecule has 3 atom stereocenters. The van der Waals surface area contributed by atoms with Crippen LogP contribution in [0.4, 0.5) is 5.69 Å². The molecule has 40 heavy (non-hydrogen) atoms. The molecule has 1 N–H and O–H groups in total. The number of carbonyl (C=O) groups is 5. The molecule has 1 fully saturated rings. The topological polar surface area (TPSA) is 138 Å². The Morgan fingerprint density at radius 1 is 0.875 bits per heavy atom. The van der Waals surface area contributed by atoms with Gasteiger partial charge in [0.25, 0.3) is 5.91 Å². The Morgan fingerprint density at radius 2 is 1.45 bits per heavy atom. The van der Waals surface area contributed by atoms with Crippen LogP contribution in [0.15, 0.2) is 53.0 Å². The van der Waals surface area contributed by atoms with E-state index in [0.717, 1.165) is 19.8 Å². The van der Waals surface area contributed by atoms with Gasteiger partial charge in [-0.25, -0.2) is 9.59 Å². The zero-order valence-corrected chi connectivity index (χ0v) is 24.0. The number of anilines is 1. The van der Waals surface area contributed by atoms with E-state index >= 15 is 0 Å². The van der Waals surface area contributed by atoms with Crippen LogP contribution in [-0.2, 0) is 55.0 Å². The molecule has 1 saturated heterocycles. The second-order valence-electron chi connectivity index (χ2n) is 9.20. The fourth-order valence-corrected chi connectivity index (χ4v) is 6.23. The fourth-order valence-electron chi connectivity index (χ4n) is 5.65. The van der Waals surface area contributed by atoms with Crippen molar-refractivity contribution < 1.29 is 42.9 Å². The fraction of sp³-hybridized carbons (Fsp3) is 0.393. The van der Waals surface area contributed by atoms with Crippen molar-refractivity contribution in [3.8, 4) is 0 Å². The predicted molar refractivity (Wildman–Crippen MR) is 144 cm³/mol. The standard InChI is InChI=1S/C28H29BrN2O9/c1-5-39-25(35)28(26(36)40-6-2)20(23(33)38-4)19(22(32)37-3)27(30-28)17-13-10-14-18(29)21(17)31(24(27)34)15-16-11-8-7-9-12-16/h7-14,19-20,30H,5-6,15H2,1-4H3/t19-,20+,27+/m0/s1. The maximum absolute atomic E-state index is 14.7. The highest BCUT2D eigenvalue weighted by Crippen LogP contribution is 2.57. The van der Waals surface area contributed by atoms with Gasteiger partial charge in [-0.2, -0.15) is 0 Å². The molecule has 0 aromatic heterocycles. The second-order valence-corrected chi connectivity index (χ2v) is 10.1. The van der Waals surface area contributed by atoms with Crippen LogP contribution < -0.4 is 10.2 Å². The third kappa shape index (κ3) is 4.26. The van der Waals surface area contributed by atoms with Gasteiger partial charge in [-0.05, 0) is 41.4 Å². The zero-order valence-electron chi connectivity index (χ0n) is 22.4. The van der Waals surface area contributed by atoms with Gasteiger partial charge in [0, 0.05) is 10.0 Å². The summed E-state index contributed by atoms with van der Waals surface area (Å²) < 4.78 is 21.1. The largest absolute Gasteiger partial charge is 0.469 e. The summed E-state index contributed by atoms with van der Waals surface area (Å²) in [5.74, 6) is -8.79. The van der Waals surface area contributed by atoms with Gasteiger partial charge in [0.2, 0.25) is 5.54 Å². The Bertz CT molecular complexity index is 1330. The summed E-state index contributed by atoms with van der Waals surface area (Å²) in [6, 6.07) is 14.1. The minimum Gasteiger partial charge on any atom is -0.469 e. The summed E-state index contributed by atoms with van der Waals surface area (Å²) in [6.45, 7) is 2.78. The number of rotatable bonds is 8. The van der Waals surface area contributed by atoms with E-state index in [1.165, 1.54) is 18.7 Å². The number of amides is 1.